The van der Waals surface area contributed by atoms with Crippen LogP contribution in [0.25, 0.3) is 0 Å². The molecule has 0 radical (unpaired) electrons. The molecule has 1 aromatic rings. The van der Waals surface area contributed by atoms with Crippen molar-refractivity contribution in [2.45, 2.75) is 6.92 Å². The number of hydrogen-bond donors (Lipinski definition) is 1. The van der Waals surface area contributed by atoms with Gasteiger partial charge in [0, 0.05) is 0 Å². The quantitative estimate of drug-likeness (QED) is 0.356. The van der Waals surface area contributed by atoms with Crippen molar-refractivity contribution in [3.8, 4) is 0 Å². The van der Waals surface area contributed by atoms with Crippen LogP contribution in [0.3, 0.4) is 0 Å². The van der Waals surface area contributed by atoms with Crippen LogP contribution in [-0.2, 0) is 0 Å². The number of anilines is 1. The lowest BCUT2D eigenvalue weighted by molar-refractivity contribution is 1.24. The first-order chi connectivity index (χ1) is 4.70. The summed E-state index contributed by atoms with van der Waals surface area (Å²) in [7, 11) is 0. The second-order valence-electron chi connectivity index (χ2n) is 2.15. The number of hydrogen-bond acceptors (Lipinski definition) is 2. The van der Waals surface area contributed by atoms with Crippen molar-refractivity contribution in [2.75, 3.05) is 3.22 Å². The molecule has 3 heteroatoms. The van der Waals surface area contributed by atoms with Gasteiger partial charge < -0.3 is 0 Å². The van der Waals surface area contributed by atoms with Gasteiger partial charge in [-0.25, -0.2) is 5.84 Å². The lowest BCUT2D eigenvalue weighted by Gasteiger charge is -2.08. The van der Waals surface area contributed by atoms with Gasteiger partial charge in [0.2, 0.25) is 0 Å². The molecule has 0 amide bonds. The molecule has 0 aliphatic carbocycles. The highest BCUT2D eigenvalue weighted by molar-refractivity contribution is 14.1. The Balaban J connectivity index is 2.96. The first-order valence-electron chi connectivity index (χ1n) is 2.97. The number of benzene rings is 1. The molecular formula is C7H9IN2. The van der Waals surface area contributed by atoms with Crippen molar-refractivity contribution in [3.63, 3.8) is 0 Å². The summed E-state index contributed by atoms with van der Waals surface area (Å²) in [6.07, 6.45) is 0. The maximum absolute atomic E-state index is 5.50. The minimum Gasteiger partial charge on any atom is -0.251 e. The monoisotopic (exact) mass is 248 g/mol. The second kappa shape index (κ2) is 3.21. The summed E-state index contributed by atoms with van der Waals surface area (Å²) in [6, 6.07) is 8.04. The molecule has 0 saturated carbocycles. The molecule has 0 aliphatic rings. The van der Waals surface area contributed by atoms with E-state index in [1.165, 1.54) is 5.56 Å². The summed E-state index contributed by atoms with van der Waals surface area (Å²) < 4.78 is 1.57. The zero-order valence-corrected chi connectivity index (χ0v) is 7.87. The molecule has 1 aromatic carbocycles. The van der Waals surface area contributed by atoms with Crippen molar-refractivity contribution < 1.29 is 0 Å². The van der Waals surface area contributed by atoms with Gasteiger partial charge in [-0.15, -0.1) is 0 Å². The average Bonchev–Trinajstić information content (AvgIpc) is 1.88. The van der Waals surface area contributed by atoms with E-state index in [0.29, 0.717) is 0 Å². The van der Waals surface area contributed by atoms with Crippen LogP contribution in [0.15, 0.2) is 24.3 Å². The number of nitrogens with two attached hydrogens (primary N) is 1. The van der Waals surface area contributed by atoms with Crippen molar-refractivity contribution >= 4 is 28.6 Å². The molecule has 0 fully saturated rings. The number of nitrogens with zero attached hydrogens (tertiary/aromatic N) is 1. The Morgan fingerprint density at radius 1 is 1.50 bits per heavy atom. The van der Waals surface area contributed by atoms with Gasteiger partial charge in [0.05, 0.1) is 28.6 Å². The molecule has 0 heterocycles. The largest absolute Gasteiger partial charge is 0.251 e. The van der Waals surface area contributed by atoms with Gasteiger partial charge in [0.1, 0.15) is 0 Å². The zero-order chi connectivity index (χ0) is 7.56. The Morgan fingerprint density at radius 2 is 2.20 bits per heavy atom. The van der Waals surface area contributed by atoms with E-state index in [0.717, 1.165) is 5.69 Å². The standard InChI is InChI=1S/C7H9IN2/c1-6-3-2-4-7(5-6)10(8)9/h2-5H,9H2,1H3. The molecular weight excluding hydrogens is 239 g/mol. The van der Waals surface area contributed by atoms with Gasteiger partial charge in [-0.2, -0.15) is 0 Å². The molecule has 10 heavy (non-hydrogen) atoms. The minimum atomic E-state index is 1.03. The van der Waals surface area contributed by atoms with E-state index in [2.05, 4.69) is 0 Å². The molecule has 2 nitrogen and oxygen atoms in total. The summed E-state index contributed by atoms with van der Waals surface area (Å²) in [5, 5.41) is 0. The fourth-order valence-corrected chi connectivity index (χ4v) is 1.06. The molecule has 0 spiro atoms. The van der Waals surface area contributed by atoms with Crippen LogP contribution >= 0.6 is 22.9 Å². The van der Waals surface area contributed by atoms with Crippen LogP contribution in [0.5, 0.6) is 0 Å². The van der Waals surface area contributed by atoms with Crippen molar-refractivity contribution in [3.05, 3.63) is 29.8 Å². The van der Waals surface area contributed by atoms with E-state index in [-0.39, 0.29) is 0 Å². The smallest absolute Gasteiger partial charge is 0.0765 e. The second-order valence-corrected chi connectivity index (χ2v) is 3.19. The number of hydrazine groups is 1. The van der Waals surface area contributed by atoms with Crippen LogP contribution < -0.4 is 9.06 Å². The Bertz CT molecular complexity index is 223. The van der Waals surface area contributed by atoms with Crippen molar-refractivity contribution in [2.24, 2.45) is 5.84 Å². The van der Waals surface area contributed by atoms with Gasteiger partial charge in [0.15, 0.2) is 0 Å². The third-order valence-electron chi connectivity index (χ3n) is 1.25. The summed E-state index contributed by atoms with van der Waals surface area (Å²) in [5.74, 6) is 5.50. The SMILES string of the molecule is Cc1cccc(N(N)I)c1. The molecule has 0 atom stereocenters. The third-order valence-corrected chi connectivity index (χ3v) is 1.81. The predicted molar refractivity (Wildman–Crippen MR) is 51.9 cm³/mol. The average molecular weight is 248 g/mol. The summed E-state index contributed by atoms with van der Waals surface area (Å²) in [6.45, 7) is 2.05. The number of aryl methyl sites for hydroxylation is 1. The van der Waals surface area contributed by atoms with Crippen LogP contribution in [0.1, 0.15) is 5.56 Å². The van der Waals surface area contributed by atoms with Crippen LogP contribution in [0, 0.1) is 6.92 Å². The summed E-state index contributed by atoms with van der Waals surface area (Å²) in [5.41, 5.74) is 2.25. The first-order valence-corrected chi connectivity index (χ1v) is 3.94. The van der Waals surface area contributed by atoms with E-state index in [1.54, 1.807) is 3.22 Å². The van der Waals surface area contributed by atoms with Crippen LogP contribution in [0.2, 0.25) is 0 Å². The maximum Gasteiger partial charge on any atom is 0.0765 e. The Hall–Kier alpha value is -0.290. The molecule has 54 valence electrons. The predicted octanol–water partition coefficient (Wildman–Crippen LogP) is 2.03. The van der Waals surface area contributed by atoms with Crippen molar-refractivity contribution in [1.82, 2.24) is 0 Å². The molecule has 0 aliphatic heterocycles. The molecule has 1 rings (SSSR count). The molecule has 2 N–H and O–H groups in total. The Labute approximate surface area is 74.5 Å². The topological polar surface area (TPSA) is 29.3 Å². The molecule has 0 unspecified atom stereocenters. The van der Waals surface area contributed by atoms with E-state index >= 15 is 0 Å². The first kappa shape index (κ1) is 7.81. The lowest BCUT2D eigenvalue weighted by atomic mass is 10.2. The highest BCUT2D eigenvalue weighted by atomic mass is 127. The normalized spacial score (nSPS) is 9.50. The lowest BCUT2D eigenvalue weighted by Crippen LogP contribution is -2.17. The van der Waals surface area contributed by atoms with E-state index < -0.39 is 0 Å². The minimum absolute atomic E-state index is 1.03. The molecule has 0 saturated heterocycles. The van der Waals surface area contributed by atoms with Crippen LogP contribution in [-0.4, -0.2) is 0 Å². The summed E-state index contributed by atoms with van der Waals surface area (Å²) >= 11 is 2.04. The van der Waals surface area contributed by atoms with E-state index in [4.69, 9.17) is 5.84 Å². The number of rotatable bonds is 1. The molecule has 0 aromatic heterocycles. The van der Waals surface area contributed by atoms with Gasteiger partial charge >= 0.3 is 0 Å². The zero-order valence-electron chi connectivity index (χ0n) is 5.71. The highest BCUT2D eigenvalue weighted by Crippen LogP contribution is 2.14. The Morgan fingerprint density at radius 3 is 2.60 bits per heavy atom. The third kappa shape index (κ3) is 1.85. The highest BCUT2D eigenvalue weighted by Gasteiger charge is 1.94. The van der Waals surface area contributed by atoms with Gasteiger partial charge in [0.25, 0.3) is 0 Å². The van der Waals surface area contributed by atoms with Gasteiger partial charge in [-0.1, -0.05) is 12.1 Å². The summed E-state index contributed by atoms with van der Waals surface area (Å²) in [4.78, 5) is 0. The molecule has 0 bridgehead atoms. The van der Waals surface area contributed by atoms with Crippen molar-refractivity contribution in [1.29, 1.82) is 0 Å². The fourth-order valence-electron chi connectivity index (χ4n) is 0.761. The van der Waals surface area contributed by atoms with E-state index in [1.807, 2.05) is 54.1 Å². The van der Waals surface area contributed by atoms with Gasteiger partial charge in [-0.3, -0.25) is 3.22 Å². The van der Waals surface area contributed by atoms with Gasteiger partial charge in [-0.05, 0) is 24.6 Å². The Kier molecular flexibility index (Phi) is 2.50. The van der Waals surface area contributed by atoms with Crippen LogP contribution in [0.4, 0.5) is 5.69 Å². The number of halogens is 1. The maximum atomic E-state index is 5.50. The fraction of sp³-hybridized carbons (Fsp3) is 0.143. The van der Waals surface area contributed by atoms with E-state index in [9.17, 15) is 0 Å².